The normalized spacial score (nSPS) is 16.3. The molecule has 0 rings (SSSR count). The van der Waals surface area contributed by atoms with E-state index in [9.17, 15) is 13.2 Å². The smallest absolute Gasteiger partial charge is 0.322 e. The average Bonchev–Trinajstić information content (AvgIpc) is 2.12. The first-order valence-corrected chi connectivity index (χ1v) is 6.09. The Bertz CT molecular complexity index is 313. The van der Waals surface area contributed by atoms with Crippen LogP contribution in [-0.4, -0.2) is 43.9 Å². The molecule has 0 radical (unpaired) electrons. The molecule has 15 heavy (non-hydrogen) atoms. The maximum absolute atomic E-state index is 11.4. The van der Waals surface area contributed by atoms with Crippen molar-refractivity contribution >= 4 is 16.2 Å². The second-order valence-corrected chi connectivity index (χ2v) is 5.52. The molecule has 0 aromatic carbocycles. The van der Waals surface area contributed by atoms with Gasteiger partial charge < -0.3 is 5.11 Å². The second-order valence-electron chi connectivity index (χ2n) is 3.61. The zero-order valence-electron chi connectivity index (χ0n) is 9.39. The number of nitrogens with zero attached hydrogens (tertiary/aromatic N) is 1. The van der Waals surface area contributed by atoms with Crippen LogP contribution in [0.2, 0.25) is 0 Å². The van der Waals surface area contributed by atoms with Gasteiger partial charge in [0, 0.05) is 14.1 Å². The van der Waals surface area contributed by atoms with Crippen molar-refractivity contribution in [3.63, 3.8) is 0 Å². The molecule has 0 saturated carbocycles. The van der Waals surface area contributed by atoms with Gasteiger partial charge in [0.15, 0.2) is 0 Å². The van der Waals surface area contributed by atoms with E-state index in [1.165, 1.54) is 14.1 Å². The minimum atomic E-state index is -3.70. The summed E-state index contributed by atoms with van der Waals surface area (Å²) in [5.41, 5.74) is 0. The van der Waals surface area contributed by atoms with Crippen molar-refractivity contribution < 1.29 is 18.3 Å². The molecular formula is C8H18N2O4S. The lowest BCUT2D eigenvalue weighted by Gasteiger charge is -2.22. The molecule has 90 valence electrons. The van der Waals surface area contributed by atoms with E-state index < -0.39 is 22.2 Å². The number of rotatable bonds is 6. The van der Waals surface area contributed by atoms with Crippen molar-refractivity contribution in [2.75, 3.05) is 14.1 Å². The van der Waals surface area contributed by atoms with E-state index in [1.807, 2.05) is 6.92 Å². The van der Waals surface area contributed by atoms with Gasteiger partial charge in [-0.3, -0.25) is 4.79 Å². The largest absolute Gasteiger partial charge is 0.480 e. The summed E-state index contributed by atoms with van der Waals surface area (Å²) in [4.78, 5) is 10.9. The second kappa shape index (κ2) is 5.43. The summed E-state index contributed by atoms with van der Waals surface area (Å²) >= 11 is 0. The van der Waals surface area contributed by atoms with Gasteiger partial charge in [0.1, 0.15) is 6.04 Å². The molecule has 0 spiro atoms. The average molecular weight is 238 g/mol. The minimum absolute atomic E-state index is 0.253. The summed E-state index contributed by atoms with van der Waals surface area (Å²) in [6.07, 6.45) is 0.590. The summed E-state index contributed by atoms with van der Waals surface area (Å²) in [5.74, 6) is -1.41. The molecule has 2 unspecified atom stereocenters. The Kier molecular flexibility index (Phi) is 5.19. The van der Waals surface area contributed by atoms with Crippen LogP contribution < -0.4 is 4.72 Å². The highest BCUT2D eigenvalue weighted by Gasteiger charge is 2.29. The van der Waals surface area contributed by atoms with E-state index in [-0.39, 0.29) is 5.92 Å². The van der Waals surface area contributed by atoms with E-state index in [0.717, 1.165) is 4.31 Å². The third-order valence-corrected chi connectivity index (χ3v) is 3.75. The molecule has 0 aliphatic heterocycles. The van der Waals surface area contributed by atoms with Crippen molar-refractivity contribution in [3.8, 4) is 0 Å². The maximum Gasteiger partial charge on any atom is 0.322 e. The molecular weight excluding hydrogens is 220 g/mol. The lowest BCUT2D eigenvalue weighted by Crippen LogP contribution is -2.48. The summed E-state index contributed by atoms with van der Waals surface area (Å²) in [5, 5.41) is 8.87. The summed E-state index contributed by atoms with van der Waals surface area (Å²) in [6.45, 7) is 3.50. The summed E-state index contributed by atoms with van der Waals surface area (Å²) in [7, 11) is -1.00. The van der Waals surface area contributed by atoms with Crippen LogP contribution in [0.25, 0.3) is 0 Å². The van der Waals surface area contributed by atoms with Crippen molar-refractivity contribution in [2.45, 2.75) is 26.3 Å². The number of hydrogen-bond acceptors (Lipinski definition) is 3. The molecule has 0 fully saturated rings. The van der Waals surface area contributed by atoms with Crippen LogP contribution in [0.3, 0.4) is 0 Å². The third kappa shape index (κ3) is 4.15. The van der Waals surface area contributed by atoms with Gasteiger partial charge in [-0.05, 0) is 5.92 Å². The number of carbonyl (C=O) groups is 1. The van der Waals surface area contributed by atoms with Gasteiger partial charge >= 0.3 is 5.97 Å². The lowest BCUT2D eigenvalue weighted by molar-refractivity contribution is -0.140. The molecule has 6 nitrogen and oxygen atoms in total. The van der Waals surface area contributed by atoms with Crippen LogP contribution >= 0.6 is 0 Å². The number of carboxylic acid groups (broad SMARTS) is 1. The van der Waals surface area contributed by atoms with Gasteiger partial charge in [0.05, 0.1) is 0 Å². The maximum atomic E-state index is 11.4. The van der Waals surface area contributed by atoms with Crippen LogP contribution in [-0.2, 0) is 15.0 Å². The summed E-state index contributed by atoms with van der Waals surface area (Å²) in [6, 6.07) is -1.08. The Morgan fingerprint density at radius 1 is 1.47 bits per heavy atom. The van der Waals surface area contributed by atoms with Crippen LogP contribution in [0.5, 0.6) is 0 Å². The number of hydrogen-bond donors (Lipinski definition) is 2. The fourth-order valence-electron chi connectivity index (χ4n) is 0.912. The Balaban J connectivity index is 4.78. The Labute approximate surface area is 90.5 Å². The van der Waals surface area contributed by atoms with Crippen LogP contribution in [0.1, 0.15) is 20.3 Å². The Morgan fingerprint density at radius 3 is 2.20 bits per heavy atom. The highest BCUT2D eigenvalue weighted by atomic mass is 32.2. The van der Waals surface area contributed by atoms with E-state index in [4.69, 9.17) is 5.11 Å². The zero-order chi connectivity index (χ0) is 12.2. The molecule has 0 aromatic rings. The quantitative estimate of drug-likeness (QED) is 0.675. The first-order chi connectivity index (χ1) is 6.72. The topological polar surface area (TPSA) is 86.7 Å². The molecule has 2 N–H and O–H groups in total. The molecule has 0 aliphatic rings. The molecule has 0 heterocycles. The fourth-order valence-corrected chi connectivity index (χ4v) is 1.78. The number of carboxylic acids is 1. The highest BCUT2D eigenvalue weighted by Crippen LogP contribution is 2.09. The number of nitrogens with one attached hydrogen (secondary N) is 1. The van der Waals surface area contributed by atoms with Gasteiger partial charge in [-0.1, -0.05) is 20.3 Å². The Hall–Kier alpha value is -0.660. The zero-order valence-corrected chi connectivity index (χ0v) is 10.2. The van der Waals surface area contributed by atoms with Gasteiger partial charge in [-0.25, -0.2) is 0 Å². The van der Waals surface area contributed by atoms with Crippen LogP contribution in [0.15, 0.2) is 0 Å². The standard InChI is InChI=1S/C8H18N2O4S/c1-5-6(2)7(8(11)12)9-15(13,14)10(3)4/h6-7,9H,5H2,1-4H3,(H,11,12). The molecule has 2 atom stereocenters. The van der Waals surface area contributed by atoms with Crippen LogP contribution in [0, 0.1) is 5.92 Å². The third-order valence-electron chi connectivity index (χ3n) is 2.24. The summed E-state index contributed by atoms with van der Waals surface area (Å²) < 4.78 is 25.9. The molecule has 0 bridgehead atoms. The SMILES string of the molecule is CCC(C)C(NS(=O)(=O)N(C)C)C(=O)O. The van der Waals surface area contributed by atoms with E-state index in [2.05, 4.69) is 4.72 Å². The van der Waals surface area contributed by atoms with Crippen molar-refractivity contribution in [3.05, 3.63) is 0 Å². The van der Waals surface area contributed by atoms with Gasteiger partial charge in [0.2, 0.25) is 0 Å². The molecule has 7 heteroatoms. The Morgan fingerprint density at radius 2 is 1.93 bits per heavy atom. The van der Waals surface area contributed by atoms with E-state index in [1.54, 1.807) is 6.92 Å². The molecule has 0 saturated heterocycles. The monoisotopic (exact) mass is 238 g/mol. The van der Waals surface area contributed by atoms with E-state index >= 15 is 0 Å². The van der Waals surface area contributed by atoms with Gasteiger partial charge in [-0.15, -0.1) is 0 Å². The highest BCUT2D eigenvalue weighted by molar-refractivity contribution is 7.87. The minimum Gasteiger partial charge on any atom is -0.480 e. The lowest BCUT2D eigenvalue weighted by atomic mass is 10.0. The van der Waals surface area contributed by atoms with E-state index in [0.29, 0.717) is 6.42 Å². The van der Waals surface area contributed by atoms with Gasteiger partial charge in [-0.2, -0.15) is 17.4 Å². The predicted molar refractivity (Wildman–Crippen MR) is 56.6 cm³/mol. The van der Waals surface area contributed by atoms with Crippen molar-refractivity contribution in [2.24, 2.45) is 5.92 Å². The first kappa shape index (κ1) is 14.3. The first-order valence-electron chi connectivity index (χ1n) is 4.65. The van der Waals surface area contributed by atoms with Crippen LogP contribution in [0.4, 0.5) is 0 Å². The van der Waals surface area contributed by atoms with Crippen molar-refractivity contribution in [1.82, 2.24) is 9.03 Å². The number of aliphatic carboxylic acids is 1. The molecule has 0 aromatic heterocycles. The molecule has 0 amide bonds. The van der Waals surface area contributed by atoms with Crippen molar-refractivity contribution in [1.29, 1.82) is 0 Å². The van der Waals surface area contributed by atoms with Gasteiger partial charge in [0.25, 0.3) is 10.2 Å². The molecule has 0 aliphatic carbocycles. The predicted octanol–water partition coefficient (Wildman–Crippen LogP) is -0.118. The fraction of sp³-hybridized carbons (Fsp3) is 0.875.